The molecule has 0 spiro atoms. The maximum absolute atomic E-state index is 11.5. The van der Waals surface area contributed by atoms with Crippen LogP contribution < -0.4 is 5.73 Å². The second-order valence-corrected chi connectivity index (χ2v) is 5.40. The number of esters is 1. The average molecular weight is 236 g/mol. The molecular formula is C13H20N2O2. The van der Waals surface area contributed by atoms with Crippen LogP contribution in [0.4, 0.5) is 0 Å². The predicted octanol–water partition coefficient (Wildman–Crippen LogP) is 1.51. The summed E-state index contributed by atoms with van der Waals surface area (Å²) in [7, 11) is 3.27. The van der Waals surface area contributed by atoms with Gasteiger partial charge in [-0.3, -0.25) is 0 Å². The Morgan fingerprint density at radius 1 is 1.59 bits per heavy atom. The number of methoxy groups -OCH3 is 1. The van der Waals surface area contributed by atoms with E-state index < -0.39 is 0 Å². The summed E-state index contributed by atoms with van der Waals surface area (Å²) in [6.45, 7) is 5.14. The summed E-state index contributed by atoms with van der Waals surface area (Å²) in [6, 6.07) is 1.92. The van der Waals surface area contributed by atoms with Crippen molar-refractivity contribution >= 4 is 5.97 Å². The summed E-state index contributed by atoms with van der Waals surface area (Å²) < 4.78 is 6.57. The summed E-state index contributed by atoms with van der Waals surface area (Å²) in [6.07, 6.45) is 2.01. The van der Waals surface area contributed by atoms with Crippen LogP contribution in [0.3, 0.4) is 0 Å². The molecule has 1 fully saturated rings. The largest absolute Gasteiger partial charge is 0.464 e. The van der Waals surface area contributed by atoms with Crippen molar-refractivity contribution in [3.05, 3.63) is 23.5 Å². The molecule has 0 aliphatic heterocycles. The van der Waals surface area contributed by atoms with E-state index in [0.717, 1.165) is 0 Å². The number of nitrogens with two attached hydrogens (primary N) is 1. The fourth-order valence-electron chi connectivity index (χ4n) is 2.91. The maximum Gasteiger partial charge on any atom is 0.354 e. The molecule has 2 N–H and O–H groups in total. The lowest BCUT2D eigenvalue weighted by molar-refractivity contribution is 0.0590. The fourth-order valence-corrected chi connectivity index (χ4v) is 2.91. The molecule has 2 unspecified atom stereocenters. The van der Waals surface area contributed by atoms with Crippen LogP contribution in [-0.2, 0) is 11.8 Å². The minimum atomic E-state index is -0.290. The normalized spacial score (nSPS) is 25.7. The average Bonchev–Trinajstić information content (AvgIpc) is 2.63. The van der Waals surface area contributed by atoms with E-state index in [9.17, 15) is 4.79 Å². The Morgan fingerprint density at radius 3 is 2.71 bits per heavy atom. The van der Waals surface area contributed by atoms with Gasteiger partial charge in [0.2, 0.25) is 0 Å². The molecule has 1 aliphatic rings. The van der Waals surface area contributed by atoms with E-state index >= 15 is 0 Å². The van der Waals surface area contributed by atoms with E-state index in [4.69, 9.17) is 10.5 Å². The first-order valence-electron chi connectivity index (χ1n) is 5.88. The molecule has 0 bridgehead atoms. The molecule has 1 saturated carbocycles. The van der Waals surface area contributed by atoms with Crippen LogP contribution in [0, 0.1) is 11.3 Å². The zero-order valence-corrected chi connectivity index (χ0v) is 10.9. The topological polar surface area (TPSA) is 57.2 Å². The first kappa shape index (κ1) is 12.2. The molecule has 1 aromatic heterocycles. The third kappa shape index (κ3) is 1.76. The monoisotopic (exact) mass is 236 g/mol. The zero-order chi connectivity index (χ0) is 12.8. The molecule has 0 amide bonds. The van der Waals surface area contributed by atoms with Crippen molar-refractivity contribution < 1.29 is 9.53 Å². The third-order valence-electron chi connectivity index (χ3n) is 4.08. The number of rotatable bonds is 3. The van der Waals surface area contributed by atoms with Crippen molar-refractivity contribution in [3.63, 3.8) is 0 Å². The Bertz CT molecular complexity index is 448. The van der Waals surface area contributed by atoms with Crippen LogP contribution in [0.25, 0.3) is 0 Å². The molecule has 0 radical (unpaired) electrons. The van der Waals surface area contributed by atoms with Gasteiger partial charge in [0.05, 0.1) is 7.11 Å². The van der Waals surface area contributed by atoms with Gasteiger partial charge >= 0.3 is 5.97 Å². The minimum absolute atomic E-state index is 0.240. The molecular weight excluding hydrogens is 216 g/mol. The van der Waals surface area contributed by atoms with E-state index in [-0.39, 0.29) is 11.4 Å². The first-order chi connectivity index (χ1) is 7.93. The molecule has 1 aromatic rings. The zero-order valence-electron chi connectivity index (χ0n) is 10.9. The molecule has 1 aliphatic carbocycles. The fraction of sp³-hybridized carbons (Fsp3) is 0.615. The Balaban J connectivity index is 2.28. The number of nitrogens with zero attached hydrogens (tertiary/aromatic N) is 1. The number of aromatic nitrogens is 1. The van der Waals surface area contributed by atoms with Gasteiger partial charge in [0.25, 0.3) is 0 Å². The second-order valence-electron chi connectivity index (χ2n) is 5.40. The summed E-state index contributed by atoms with van der Waals surface area (Å²) in [5.41, 5.74) is 7.80. The standard InChI is InChI=1S/C13H20N2O2/c1-13(2)9(6-14)11(13)8-5-10(12(16)17-4)15(3)7-8/h5,7,9,11H,6,14H2,1-4H3. The van der Waals surface area contributed by atoms with E-state index in [1.165, 1.54) is 12.7 Å². The quantitative estimate of drug-likeness (QED) is 0.809. The van der Waals surface area contributed by atoms with Crippen molar-refractivity contribution in [2.75, 3.05) is 13.7 Å². The molecule has 2 atom stereocenters. The maximum atomic E-state index is 11.5. The van der Waals surface area contributed by atoms with Crippen molar-refractivity contribution in [1.29, 1.82) is 0 Å². The van der Waals surface area contributed by atoms with Crippen molar-refractivity contribution in [1.82, 2.24) is 4.57 Å². The highest BCUT2D eigenvalue weighted by atomic mass is 16.5. The van der Waals surface area contributed by atoms with Gasteiger partial charge in [-0.2, -0.15) is 0 Å². The number of hydrogen-bond donors (Lipinski definition) is 1. The summed E-state index contributed by atoms with van der Waals surface area (Å²) in [5, 5.41) is 0. The number of hydrogen-bond acceptors (Lipinski definition) is 3. The number of carbonyl (C=O) groups excluding carboxylic acids is 1. The Kier molecular flexibility index (Phi) is 2.78. The summed E-state index contributed by atoms with van der Waals surface area (Å²) >= 11 is 0. The molecule has 17 heavy (non-hydrogen) atoms. The van der Waals surface area contributed by atoms with Gasteiger partial charge in [0, 0.05) is 13.2 Å². The molecule has 4 heteroatoms. The highest BCUT2D eigenvalue weighted by Gasteiger charge is 2.57. The van der Waals surface area contributed by atoms with Crippen LogP contribution in [0.1, 0.15) is 35.8 Å². The molecule has 2 rings (SSSR count). The van der Waals surface area contributed by atoms with Gasteiger partial charge in [-0.25, -0.2) is 4.79 Å². The first-order valence-corrected chi connectivity index (χ1v) is 5.88. The molecule has 0 saturated heterocycles. The molecule has 94 valence electrons. The van der Waals surface area contributed by atoms with Crippen LogP contribution >= 0.6 is 0 Å². The summed E-state index contributed by atoms with van der Waals surface area (Å²) in [5.74, 6) is 0.675. The number of ether oxygens (including phenoxy) is 1. The van der Waals surface area contributed by atoms with Gasteiger partial charge in [-0.15, -0.1) is 0 Å². The number of carbonyl (C=O) groups is 1. The Morgan fingerprint density at radius 2 is 2.24 bits per heavy atom. The van der Waals surface area contributed by atoms with E-state index in [0.29, 0.717) is 24.1 Å². The van der Waals surface area contributed by atoms with Crippen LogP contribution in [0.15, 0.2) is 12.3 Å². The van der Waals surface area contributed by atoms with Crippen molar-refractivity contribution in [3.8, 4) is 0 Å². The lowest BCUT2D eigenvalue weighted by atomic mass is 10.1. The summed E-state index contributed by atoms with van der Waals surface area (Å²) in [4.78, 5) is 11.5. The number of aryl methyl sites for hydroxylation is 1. The van der Waals surface area contributed by atoms with Crippen LogP contribution in [-0.4, -0.2) is 24.2 Å². The molecule has 0 aromatic carbocycles. The van der Waals surface area contributed by atoms with Crippen molar-refractivity contribution in [2.24, 2.45) is 24.1 Å². The van der Waals surface area contributed by atoms with Gasteiger partial charge in [0.15, 0.2) is 0 Å². The second kappa shape index (κ2) is 3.88. The van der Waals surface area contributed by atoms with Gasteiger partial charge in [-0.1, -0.05) is 13.8 Å². The Labute approximate surface area is 102 Å². The lowest BCUT2D eigenvalue weighted by Gasteiger charge is -1.99. The van der Waals surface area contributed by atoms with E-state index in [1.807, 2.05) is 23.9 Å². The van der Waals surface area contributed by atoms with Gasteiger partial charge in [0.1, 0.15) is 5.69 Å². The lowest BCUT2D eigenvalue weighted by Crippen LogP contribution is -2.06. The Hall–Kier alpha value is -1.29. The van der Waals surface area contributed by atoms with Crippen LogP contribution in [0.5, 0.6) is 0 Å². The predicted molar refractivity (Wildman–Crippen MR) is 65.8 cm³/mol. The highest BCUT2D eigenvalue weighted by molar-refractivity contribution is 5.88. The molecule has 4 nitrogen and oxygen atoms in total. The van der Waals surface area contributed by atoms with Gasteiger partial charge < -0.3 is 15.0 Å². The van der Waals surface area contributed by atoms with E-state index in [2.05, 4.69) is 13.8 Å². The smallest absolute Gasteiger partial charge is 0.354 e. The van der Waals surface area contributed by atoms with Crippen molar-refractivity contribution in [2.45, 2.75) is 19.8 Å². The minimum Gasteiger partial charge on any atom is -0.464 e. The van der Waals surface area contributed by atoms with Gasteiger partial charge in [-0.05, 0) is 35.4 Å². The van der Waals surface area contributed by atoms with Crippen LogP contribution in [0.2, 0.25) is 0 Å². The van der Waals surface area contributed by atoms with E-state index in [1.54, 1.807) is 0 Å². The third-order valence-corrected chi connectivity index (χ3v) is 4.08. The molecule has 1 heterocycles. The SMILES string of the molecule is COC(=O)c1cc(C2C(CN)C2(C)C)cn1C. The highest BCUT2D eigenvalue weighted by Crippen LogP contribution is 2.63.